The molecule has 2 rings (SSSR count). The van der Waals surface area contributed by atoms with Crippen LogP contribution in [-0.4, -0.2) is 24.8 Å². The van der Waals surface area contributed by atoms with E-state index in [2.05, 4.69) is 4.98 Å². The zero-order valence-electron chi connectivity index (χ0n) is 10.9. The molecule has 2 aromatic heterocycles. The first-order valence-electron chi connectivity index (χ1n) is 6.10. The highest BCUT2D eigenvalue weighted by molar-refractivity contribution is 7.99. The SMILES string of the molecule is CCn1ccnc1SCCn1cc([N+](=O)[O-])ccc1=O. The number of hydrogen-bond acceptors (Lipinski definition) is 5. The maximum absolute atomic E-state index is 11.6. The van der Waals surface area contributed by atoms with Gasteiger partial charge in [0.15, 0.2) is 5.16 Å². The molecule has 0 fully saturated rings. The molecule has 0 aliphatic carbocycles. The van der Waals surface area contributed by atoms with Crippen molar-refractivity contribution in [1.29, 1.82) is 0 Å². The number of rotatable bonds is 6. The van der Waals surface area contributed by atoms with Crippen molar-refractivity contribution in [2.24, 2.45) is 0 Å². The van der Waals surface area contributed by atoms with Crippen LogP contribution >= 0.6 is 11.8 Å². The van der Waals surface area contributed by atoms with Crippen molar-refractivity contribution in [1.82, 2.24) is 14.1 Å². The lowest BCUT2D eigenvalue weighted by atomic mass is 10.4. The minimum Gasteiger partial charge on any atom is -0.326 e. The Morgan fingerprint density at radius 1 is 1.40 bits per heavy atom. The van der Waals surface area contributed by atoms with Gasteiger partial charge in [0.1, 0.15) is 0 Å². The summed E-state index contributed by atoms with van der Waals surface area (Å²) in [7, 11) is 0. The van der Waals surface area contributed by atoms with Gasteiger partial charge >= 0.3 is 0 Å². The Balaban J connectivity index is 2.02. The smallest absolute Gasteiger partial charge is 0.285 e. The molecule has 0 saturated heterocycles. The summed E-state index contributed by atoms with van der Waals surface area (Å²) in [5.74, 6) is 0.623. The molecule has 0 spiro atoms. The van der Waals surface area contributed by atoms with E-state index in [0.717, 1.165) is 11.7 Å². The molecule has 0 aromatic carbocycles. The van der Waals surface area contributed by atoms with Crippen molar-refractivity contribution in [2.75, 3.05) is 5.75 Å². The van der Waals surface area contributed by atoms with Gasteiger partial charge in [-0.15, -0.1) is 0 Å². The molecule has 0 saturated carbocycles. The summed E-state index contributed by atoms with van der Waals surface area (Å²) < 4.78 is 3.35. The van der Waals surface area contributed by atoms with Gasteiger partial charge in [0.05, 0.1) is 11.1 Å². The largest absolute Gasteiger partial charge is 0.326 e. The van der Waals surface area contributed by atoms with Crippen molar-refractivity contribution in [3.63, 3.8) is 0 Å². The Labute approximate surface area is 119 Å². The highest BCUT2D eigenvalue weighted by Crippen LogP contribution is 2.16. The standard InChI is InChI=1S/C12H14N4O3S/c1-2-14-6-5-13-12(14)20-8-7-15-9-10(16(18)19)3-4-11(15)17/h3-6,9H,2,7-8H2,1H3. The van der Waals surface area contributed by atoms with E-state index in [1.807, 2.05) is 17.7 Å². The van der Waals surface area contributed by atoms with E-state index in [9.17, 15) is 14.9 Å². The van der Waals surface area contributed by atoms with Gasteiger partial charge in [0.25, 0.3) is 11.2 Å². The average Bonchev–Trinajstić information content (AvgIpc) is 2.88. The Hall–Kier alpha value is -2.09. The molecule has 20 heavy (non-hydrogen) atoms. The summed E-state index contributed by atoms with van der Waals surface area (Å²) in [4.78, 5) is 26.0. The number of aromatic nitrogens is 3. The minimum atomic E-state index is -0.507. The second-order valence-electron chi connectivity index (χ2n) is 4.02. The molecular weight excluding hydrogens is 280 g/mol. The summed E-state index contributed by atoms with van der Waals surface area (Å²) >= 11 is 1.52. The van der Waals surface area contributed by atoms with Gasteiger partial charge in [0.2, 0.25) is 0 Å². The Kier molecular flexibility index (Phi) is 4.57. The van der Waals surface area contributed by atoms with Crippen molar-refractivity contribution in [3.05, 3.63) is 51.2 Å². The molecule has 0 bridgehead atoms. The van der Waals surface area contributed by atoms with Crippen LogP contribution in [0.5, 0.6) is 0 Å². The summed E-state index contributed by atoms with van der Waals surface area (Å²) in [6.45, 7) is 3.26. The van der Waals surface area contributed by atoms with Crippen LogP contribution in [-0.2, 0) is 13.1 Å². The van der Waals surface area contributed by atoms with Crippen molar-refractivity contribution < 1.29 is 4.92 Å². The fraction of sp³-hybridized carbons (Fsp3) is 0.333. The second-order valence-corrected chi connectivity index (χ2v) is 5.08. The maximum atomic E-state index is 11.6. The molecule has 0 radical (unpaired) electrons. The number of pyridine rings is 1. The second kappa shape index (κ2) is 6.38. The van der Waals surface area contributed by atoms with Crippen LogP contribution in [0.15, 0.2) is 40.7 Å². The Morgan fingerprint density at radius 3 is 2.90 bits per heavy atom. The van der Waals surface area contributed by atoms with Crippen LogP contribution in [0.4, 0.5) is 5.69 Å². The topological polar surface area (TPSA) is 83.0 Å². The van der Waals surface area contributed by atoms with E-state index in [-0.39, 0.29) is 11.2 Å². The molecule has 0 aliphatic heterocycles. The van der Waals surface area contributed by atoms with E-state index in [1.165, 1.54) is 34.7 Å². The molecule has 7 nitrogen and oxygen atoms in total. The molecular formula is C12H14N4O3S. The summed E-state index contributed by atoms with van der Waals surface area (Å²) in [5, 5.41) is 11.6. The number of hydrogen-bond donors (Lipinski definition) is 0. The first kappa shape index (κ1) is 14.3. The van der Waals surface area contributed by atoms with E-state index >= 15 is 0 Å². The predicted molar refractivity (Wildman–Crippen MR) is 76.0 cm³/mol. The molecule has 0 N–H and O–H groups in total. The third kappa shape index (κ3) is 3.27. The molecule has 0 atom stereocenters. The molecule has 106 valence electrons. The Bertz CT molecular complexity index is 665. The van der Waals surface area contributed by atoms with E-state index in [4.69, 9.17) is 0 Å². The number of imidazole rings is 1. The average molecular weight is 294 g/mol. The van der Waals surface area contributed by atoms with Gasteiger partial charge in [-0.2, -0.15) is 0 Å². The molecule has 8 heteroatoms. The van der Waals surface area contributed by atoms with Crippen molar-refractivity contribution in [2.45, 2.75) is 25.2 Å². The highest BCUT2D eigenvalue weighted by Gasteiger charge is 2.08. The minimum absolute atomic E-state index is 0.0790. The van der Waals surface area contributed by atoms with E-state index in [1.54, 1.807) is 6.20 Å². The van der Waals surface area contributed by atoms with Crippen LogP contribution in [0.1, 0.15) is 6.92 Å². The highest BCUT2D eigenvalue weighted by atomic mass is 32.2. The van der Waals surface area contributed by atoms with E-state index in [0.29, 0.717) is 12.3 Å². The first-order chi connectivity index (χ1) is 9.61. The number of nitrogens with zero attached hydrogens (tertiary/aromatic N) is 4. The van der Waals surface area contributed by atoms with Gasteiger partial charge in [-0.1, -0.05) is 11.8 Å². The van der Waals surface area contributed by atoms with Gasteiger partial charge < -0.3 is 9.13 Å². The zero-order valence-corrected chi connectivity index (χ0v) is 11.7. The molecule has 0 unspecified atom stereocenters. The maximum Gasteiger partial charge on any atom is 0.285 e. The Morgan fingerprint density at radius 2 is 2.20 bits per heavy atom. The third-order valence-corrected chi connectivity index (χ3v) is 3.74. The molecule has 0 aliphatic rings. The van der Waals surface area contributed by atoms with Crippen LogP contribution < -0.4 is 5.56 Å². The van der Waals surface area contributed by atoms with Gasteiger partial charge in [-0.05, 0) is 6.92 Å². The van der Waals surface area contributed by atoms with Gasteiger partial charge in [0, 0.05) is 43.4 Å². The van der Waals surface area contributed by atoms with E-state index < -0.39 is 4.92 Å². The fourth-order valence-corrected chi connectivity index (χ4v) is 2.67. The third-order valence-electron chi connectivity index (χ3n) is 2.76. The molecule has 2 aromatic rings. The summed E-state index contributed by atoms with van der Waals surface area (Å²) in [6, 6.07) is 2.44. The quantitative estimate of drug-likeness (QED) is 0.460. The number of nitro groups is 1. The van der Waals surface area contributed by atoms with Gasteiger partial charge in [-0.3, -0.25) is 14.9 Å². The van der Waals surface area contributed by atoms with Gasteiger partial charge in [-0.25, -0.2) is 4.98 Å². The molecule has 0 amide bonds. The lowest BCUT2D eigenvalue weighted by Gasteiger charge is -2.06. The normalized spacial score (nSPS) is 10.7. The van der Waals surface area contributed by atoms with Crippen LogP contribution in [0, 0.1) is 10.1 Å². The lowest BCUT2D eigenvalue weighted by molar-refractivity contribution is -0.385. The number of aryl methyl sites for hydroxylation is 2. The zero-order chi connectivity index (χ0) is 14.5. The van der Waals surface area contributed by atoms with Crippen molar-refractivity contribution >= 4 is 17.4 Å². The fourth-order valence-electron chi connectivity index (χ4n) is 1.71. The van der Waals surface area contributed by atoms with Crippen molar-refractivity contribution in [3.8, 4) is 0 Å². The van der Waals surface area contributed by atoms with Crippen LogP contribution in [0.2, 0.25) is 0 Å². The predicted octanol–water partition coefficient (Wildman–Crippen LogP) is 1.77. The monoisotopic (exact) mass is 294 g/mol. The summed E-state index contributed by atoms with van der Waals surface area (Å²) in [5.41, 5.74) is -0.320. The summed E-state index contributed by atoms with van der Waals surface area (Å²) in [6.07, 6.45) is 4.89. The van der Waals surface area contributed by atoms with Crippen LogP contribution in [0.3, 0.4) is 0 Å². The first-order valence-corrected chi connectivity index (χ1v) is 7.09. The van der Waals surface area contributed by atoms with Crippen LogP contribution in [0.25, 0.3) is 0 Å². The number of thioether (sulfide) groups is 1. The molecule has 2 heterocycles. The lowest BCUT2D eigenvalue weighted by Crippen LogP contribution is -2.20.